The largest absolute Gasteiger partial charge is 0.327 e. The Morgan fingerprint density at radius 2 is 2.00 bits per heavy atom. The van der Waals surface area contributed by atoms with Crippen molar-refractivity contribution in [3.63, 3.8) is 0 Å². The summed E-state index contributed by atoms with van der Waals surface area (Å²) in [5.41, 5.74) is 6.29. The first-order chi connectivity index (χ1) is 4.58. The molecule has 1 nitrogen and oxygen atoms in total. The maximum Gasteiger partial charge on any atom is 0.00762 e. The molecule has 60 valence electrons. The van der Waals surface area contributed by atoms with Crippen LogP contribution in [0.25, 0.3) is 0 Å². The van der Waals surface area contributed by atoms with Crippen LogP contribution in [0.15, 0.2) is 0 Å². The fraction of sp³-hybridized carbons (Fsp3) is 1.00. The van der Waals surface area contributed by atoms with Crippen LogP contribution in [0.4, 0.5) is 0 Å². The molecule has 0 bridgehead atoms. The number of nitrogens with two attached hydrogens (primary N) is 1. The van der Waals surface area contributed by atoms with Crippen molar-refractivity contribution >= 4 is 0 Å². The Kier molecular flexibility index (Phi) is 2.04. The second kappa shape index (κ2) is 2.54. The van der Waals surface area contributed by atoms with E-state index in [4.69, 9.17) is 5.73 Å². The third-order valence-corrected chi connectivity index (χ3v) is 2.74. The fourth-order valence-corrected chi connectivity index (χ4v) is 1.94. The van der Waals surface area contributed by atoms with Gasteiger partial charge in [0.15, 0.2) is 0 Å². The van der Waals surface area contributed by atoms with E-state index in [2.05, 4.69) is 20.8 Å². The third-order valence-electron chi connectivity index (χ3n) is 2.74. The molecule has 1 heteroatoms. The Labute approximate surface area is 64.0 Å². The lowest BCUT2D eigenvalue weighted by molar-refractivity contribution is 0.275. The summed E-state index contributed by atoms with van der Waals surface area (Å²) in [6, 6.07) is 0.515. The molecule has 1 fully saturated rings. The predicted octanol–water partition coefficient (Wildman–Crippen LogP) is 2.16. The minimum absolute atomic E-state index is 0.508. The van der Waals surface area contributed by atoms with Gasteiger partial charge in [-0.2, -0.15) is 0 Å². The van der Waals surface area contributed by atoms with Gasteiger partial charge in [-0.3, -0.25) is 0 Å². The fourth-order valence-electron chi connectivity index (χ4n) is 1.94. The lowest BCUT2D eigenvalue weighted by Gasteiger charge is -2.23. The van der Waals surface area contributed by atoms with E-state index in [1.165, 1.54) is 19.3 Å². The lowest BCUT2D eigenvalue weighted by atomic mass is 9.82. The molecule has 2 unspecified atom stereocenters. The van der Waals surface area contributed by atoms with Crippen LogP contribution in [0.2, 0.25) is 0 Å². The van der Waals surface area contributed by atoms with Gasteiger partial charge in [-0.1, -0.05) is 27.2 Å². The van der Waals surface area contributed by atoms with E-state index in [1.807, 2.05) is 0 Å². The smallest absolute Gasteiger partial charge is 0.00762 e. The molecule has 0 spiro atoms. The van der Waals surface area contributed by atoms with Crippen LogP contribution in [-0.4, -0.2) is 6.04 Å². The van der Waals surface area contributed by atoms with Gasteiger partial charge in [0.25, 0.3) is 0 Å². The van der Waals surface area contributed by atoms with E-state index in [0.29, 0.717) is 11.5 Å². The maximum atomic E-state index is 5.78. The molecule has 2 atom stereocenters. The van der Waals surface area contributed by atoms with Gasteiger partial charge in [0.2, 0.25) is 0 Å². The van der Waals surface area contributed by atoms with Gasteiger partial charge in [0.05, 0.1) is 0 Å². The standard InChI is InChI=1S/C9H19N/c1-4-5-9(2,3)7-6-8(7)10/h7-8H,4-6,10H2,1-3H3. The van der Waals surface area contributed by atoms with Gasteiger partial charge in [-0.25, -0.2) is 0 Å². The Hall–Kier alpha value is -0.0400. The first-order valence-electron chi connectivity index (χ1n) is 4.33. The molecule has 1 rings (SSSR count). The highest BCUT2D eigenvalue weighted by Crippen LogP contribution is 2.46. The van der Waals surface area contributed by atoms with Crippen molar-refractivity contribution in [3.05, 3.63) is 0 Å². The molecule has 0 heterocycles. The molecule has 0 aromatic heterocycles. The van der Waals surface area contributed by atoms with Gasteiger partial charge >= 0.3 is 0 Å². The summed E-state index contributed by atoms with van der Waals surface area (Å²) >= 11 is 0. The van der Waals surface area contributed by atoms with Crippen LogP contribution in [0, 0.1) is 11.3 Å². The lowest BCUT2D eigenvalue weighted by Crippen LogP contribution is -2.19. The summed E-state index contributed by atoms with van der Waals surface area (Å²) < 4.78 is 0. The van der Waals surface area contributed by atoms with E-state index in [9.17, 15) is 0 Å². The van der Waals surface area contributed by atoms with Gasteiger partial charge in [-0.15, -0.1) is 0 Å². The maximum absolute atomic E-state index is 5.78. The van der Waals surface area contributed by atoms with Crippen molar-refractivity contribution in [3.8, 4) is 0 Å². The van der Waals surface area contributed by atoms with Gasteiger partial charge in [0, 0.05) is 6.04 Å². The molecular formula is C9H19N. The molecule has 0 radical (unpaired) electrons. The normalized spacial score (nSPS) is 32.4. The van der Waals surface area contributed by atoms with E-state index >= 15 is 0 Å². The molecule has 1 aliphatic rings. The summed E-state index contributed by atoms with van der Waals surface area (Å²) in [5, 5.41) is 0. The van der Waals surface area contributed by atoms with Crippen LogP contribution in [0.5, 0.6) is 0 Å². The van der Waals surface area contributed by atoms with Crippen LogP contribution in [-0.2, 0) is 0 Å². The van der Waals surface area contributed by atoms with Crippen LogP contribution in [0.1, 0.15) is 40.0 Å². The van der Waals surface area contributed by atoms with Gasteiger partial charge in [-0.05, 0) is 24.2 Å². The average molecular weight is 141 g/mol. The van der Waals surface area contributed by atoms with Crippen molar-refractivity contribution in [2.75, 3.05) is 0 Å². The summed E-state index contributed by atoms with van der Waals surface area (Å²) in [5.74, 6) is 0.812. The molecule has 0 aromatic rings. The Balaban J connectivity index is 2.36. The first kappa shape index (κ1) is 8.06. The Morgan fingerprint density at radius 1 is 1.50 bits per heavy atom. The summed E-state index contributed by atoms with van der Waals surface area (Å²) in [4.78, 5) is 0. The van der Waals surface area contributed by atoms with Crippen LogP contribution >= 0.6 is 0 Å². The van der Waals surface area contributed by atoms with Gasteiger partial charge < -0.3 is 5.73 Å². The molecule has 1 saturated carbocycles. The SMILES string of the molecule is CCCC(C)(C)C1CC1N. The number of hydrogen-bond acceptors (Lipinski definition) is 1. The monoisotopic (exact) mass is 141 g/mol. The highest BCUT2D eigenvalue weighted by Gasteiger charge is 2.44. The van der Waals surface area contributed by atoms with E-state index in [-0.39, 0.29) is 0 Å². The Bertz CT molecular complexity index is 118. The van der Waals surface area contributed by atoms with Crippen molar-refractivity contribution < 1.29 is 0 Å². The van der Waals surface area contributed by atoms with E-state index in [0.717, 1.165) is 5.92 Å². The second-order valence-corrected chi connectivity index (χ2v) is 4.24. The zero-order valence-corrected chi connectivity index (χ0v) is 7.35. The molecule has 0 aliphatic heterocycles. The van der Waals surface area contributed by atoms with Crippen LogP contribution in [0.3, 0.4) is 0 Å². The molecule has 0 saturated heterocycles. The summed E-state index contributed by atoms with van der Waals surface area (Å²) in [6.07, 6.45) is 3.87. The quantitative estimate of drug-likeness (QED) is 0.640. The predicted molar refractivity (Wildman–Crippen MR) is 44.8 cm³/mol. The van der Waals surface area contributed by atoms with Crippen molar-refractivity contribution in [2.24, 2.45) is 17.1 Å². The molecule has 0 aromatic carbocycles. The minimum Gasteiger partial charge on any atom is -0.327 e. The number of rotatable bonds is 3. The zero-order valence-electron chi connectivity index (χ0n) is 7.35. The van der Waals surface area contributed by atoms with Crippen molar-refractivity contribution in [1.29, 1.82) is 0 Å². The second-order valence-electron chi connectivity index (χ2n) is 4.24. The summed E-state index contributed by atoms with van der Waals surface area (Å²) in [6.45, 7) is 6.93. The van der Waals surface area contributed by atoms with Crippen LogP contribution < -0.4 is 5.73 Å². The zero-order chi connectivity index (χ0) is 7.78. The minimum atomic E-state index is 0.508. The van der Waals surface area contributed by atoms with E-state index < -0.39 is 0 Å². The molecule has 2 N–H and O–H groups in total. The molecular weight excluding hydrogens is 122 g/mol. The van der Waals surface area contributed by atoms with Crippen molar-refractivity contribution in [2.45, 2.75) is 46.1 Å². The highest BCUT2D eigenvalue weighted by atomic mass is 14.8. The average Bonchev–Trinajstić information content (AvgIpc) is 2.46. The molecule has 1 aliphatic carbocycles. The third kappa shape index (κ3) is 1.51. The highest BCUT2D eigenvalue weighted by molar-refractivity contribution is 4.98. The number of hydrogen-bond donors (Lipinski definition) is 1. The molecule has 10 heavy (non-hydrogen) atoms. The topological polar surface area (TPSA) is 26.0 Å². The molecule has 0 amide bonds. The Morgan fingerprint density at radius 3 is 2.30 bits per heavy atom. The van der Waals surface area contributed by atoms with E-state index in [1.54, 1.807) is 0 Å². The first-order valence-corrected chi connectivity index (χ1v) is 4.33. The van der Waals surface area contributed by atoms with Gasteiger partial charge in [0.1, 0.15) is 0 Å². The van der Waals surface area contributed by atoms with Crippen molar-refractivity contribution in [1.82, 2.24) is 0 Å². The summed E-state index contributed by atoms with van der Waals surface area (Å²) in [7, 11) is 0.